The highest BCUT2D eigenvalue weighted by molar-refractivity contribution is 7.97. The summed E-state index contributed by atoms with van der Waals surface area (Å²) in [6.45, 7) is 0.997. The van der Waals surface area contributed by atoms with E-state index in [4.69, 9.17) is 0 Å². The molecule has 0 amide bonds. The normalized spacial score (nSPS) is 24.9. The largest absolute Gasteiger partial charge is 0.384 e. The minimum Gasteiger partial charge on any atom is -0.384 e. The maximum atomic E-state index is 11.7. The average Bonchev–Trinajstić information content (AvgIpc) is 2.74. The monoisotopic (exact) mass is 262 g/mol. The molecule has 96 valence electrons. The summed E-state index contributed by atoms with van der Waals surface area (Å²) >= 11 is 4.01. The smallest absolute Gasteiger partial charge is 0.216 e. The lowest BCUT2D eigenvalue weighted by molar-refractivity contribution is 0.108. The van der Waals surface area contributed by atoms with Crippen LogP contribution in [0.25, 0.3) is 0 Å². The van der Waals surface area contributed by atoms with Crippen LogP contribution in [-0.4, -0.2) is 36.7 Å². The number of rotatable bonds is 2. The number of anilines is 1. The van der Waals surface area contributed by atoms with Crippen LogP contribution in [0.5, 0.6) is 0 Å². The van der Waals surface area contributed by atoms with E-state index in [0.29, 0.717) is 12.0 Å². The van der Waals surface area contributed by atoms with Gasteiger partial charge in [0.2, 0.25) is 5.12 Å². The van der Waals surface area contributed by atoms with Crippen molar-refractivity contribution in [3.8, 4) is 0 Å². The van der Waals surface area contributed by atoms with E-state index in [1.54, 1.807) is 0 Å². The molecule has 2 aliphatic rings. The Kier molecular flexibility index (Phi) is 2.87. The number of hydrogen-bond acceptors (Lipinski definition) is 3. The molecule has 0 radical (unpaired) electrons. The van der Waals surface area contributed by atoms with Gasteiger partial charge in [-0.15, -0.1) is 12.6 Å². The van der Waals surface area contributed by atoms with Crippen molar-refractivity contribution < 1.29 is 4.79 Å². The molecular weight excluding hydrogens is 244 g/mol. The highest BCUT2D eigenvalue weighted by atomic mass is 32.1. The topological polar surface area (TPSA) is 32.3 Å². The Morgan fingerprint density at radius 2 is 2.22 bits per heavy atom. The van der Waals surface area contributed by atoms with Crippen molar-refractivity contribution in [2.45, 2.75) is 24.8 Å². The van der Waals surface area contributed by atoms with E-state index in [0.717, 1.165) is 18.5 Å². The fraction of sp³-hybridized carbons (Fsp3) is 0.500. The summed E-state index contributed by atoms with van der Waals surface area (Å²) in [5.74, 6) is 0.545. The van der Waals surface area contributed by atoms with Gasteiger partial charge in [0.1, 0.15) is 0 Å². The Morgan fingerprint density at radius 3 is 2.89 bits per heavy atom. The van der Waals surface area contributed by atoms with Crippen LogP contribution in [0.15, 0.2) is 12.1 Å². The van der Waals surface area contributed by atoms with Crippen molar-refractivity contribution in [3.05, 3.63) is 28.8 Å². The molecular formula is C14H18N2OS. The Hall–Kier alpha value is -1.00. The molecule has 1 aromatic carbocycles. The molecule has 1 N–H and O–H groups in total. The first-order valence-electron chi connectivity index (χ1n) is 6.37. The number of carbonyl (C=O) groups excluding carboxylic acids is 1. The third kappa shape index (κ3) is 1.75. The molecule has 18 heavy (non-hydrogen) atoms. The van der Waals surface area contributed by atoms with Crippen LogP contribution >= 0.6 is 12.6 Å². The third-order valence-corrected chi connectivity index (χ3v) is 4.50. The van der Waals surface area contributed by atoms with E-state index >= 15 is 0 Å². The lowest BCUT2D eigenvalue weighted by atomic mass is 9.79. The summed E-state index contributed by atoms with van der Waals surface area (Å²) in [7, 11) is 4.23. The minimum absolute atomic E-state index is 0.113. The van der Waals surface area contributed by atoms with Gasteiger partial charge in [0, 0.05) is 29.8 Å². The number of benzene rings is 1. The van der Waals surface area contributed by atoms with Gasteiger partial charge < -0.3 is 10.2 Å². The van der Waals surface area contributed by atoms with Crippen molar-refractivity contribution in [2.75, 3.05) is 26.0 Å². The summed E-state index contributed by atoms with van der Waals surface area (Å²) < 4.78 is 0. The van der Waals surface area contributed by atoms with E-state index in [1.165, 1.54) is 23.2 Å². The summed E-state index contributed by atoms with van der Waals surface area (Å²) in [5, 5.41) is 3.34. The van der Waals surface area contributed by atoms with Gasteiger partial charge in [-0.05, 0) is 50.2 Å². The molecule has 1 aromatic rings. The summed E-state index contributed by atoms with van der Waals surface area (Å²) in [5.41, 5.74) is 4.59. The van der Waals surface area contributed by atoms with Gasteiger partial charge in [-0.25, -0.2) is 0 Å². The van der Waals surface area contributed by atoms with Crippen LogP contribution in [0.1, 0.15) is 33.8 Å². The van der Waals surface area contributed by atoms with Crippen molar-refractivity contribution in [1.29, 1.82) is 0 Å². The van der Waals surface area contributed by atoms with Gasteiger partial charge >= 0.3 is 0 Å². The fourth-order valence-electron chi connectivity index (χ4n) is 3.28. The van der Waals surface area contributed by atoms with Crippen LogP contribution < -0.4 is 5.32 Å². The molecule has 1 heterocycles. The number of thiol groups is 1. The second-order valence-corrected chi connectivity index (χ2v) is 5.90. The Bertz CT molecular complexity index is 513. The maximum Gasteiger partial charge on any atom is 0.216 e. The van der Waals surface area contributed by atoms with E-state index in [1.807, 2.05) is 12.1 Å². The molecule has 2 atom stereocenters. The molecule has 0 saturated carbocycles. The second kappa shape index (κ2) is 4.28. The first kappa shape index (κ1) is 12.1. The van der Waals surface area contributed by atoms with Gasteiger partial charge in [0.25, 0.3) is 0 Å². The van der Waals surface area contributed by atoms with Gasteiger partial charge in [-0.1, -0.05) is 0 Å². The standard InChI is InChI=1S/C14H18N2OS/c1-16(2)9-5-8-7-15-12-4-3-10(14(17)18)11(6-9)13(8)12/h3-4,8-9,15H,5-7H2,1-2H3,(H,17,18). The molecule has 4 heteroatoms. The van der Waals surface area contributed by atoms with Gasteiger partial charge in [-0.2, -0.15) is 0 Å². The number of hydrogen-bond donors (Lipinski definition) is 2. The number of likely N-dealkylation sites (N-methyl/N-ethyl adjacent to an activating group) is 1. The van der Waals surface area contributed by atoms with Crippen LogP contribution in [0.2, 0.25) is 0 Å². The molecule has 1 aliphatic heterocycles. The zero-order valence-electron chi connectivity index (χ0n) is 10.7. The Balaban J connectivity index is 2.12. The van der Waals surface area contributed by atoms with Crippen LogP contribution in [0.4, 0.5) is 5.69 Å². The maximum absolute atomic E-state index is 11.7. The first-order chi connectivity index (χ1) is 8.58. The van der Waals surface area contributed by atoms with Gasteiger partial charge in [0.05, 0.1) is 0 Å². The molecule has 0 saturated heterocycles. The van der Waals surface area contributed by atoms with E-state index < -0.39 is 0 Å². The molecule has 3 nitrogen and oxygen atoms in total. The van der Waals surface area contributed by atoms with Crippen LogP contribution in [-0.2, 0) is 6.42 Å². The minimum atomic E-state index is -0.113. The number of nitrogens with one attached hydrogen (secondary N) is 1. The average molecular weight is 262 g/mol. The second-order valence-electron chi connectivity index (χ2n) is 5.49. The van der Waals surface area contributed by atoms with Crippen molar-refractivity contribution in [3.63, 3.8) is 0 Å². The molecule has 3 rings (SSSR count). The molecule has 0 spiro atoms. The van der Waals surface area contributed by atoms with Crippen molar-refractivity contribution in [2.24, 2.45) is 0 Å². The summed E-state index contributed by atoms with van der Waals surface area (Å²) in [6.07, 6.45) is 2.13. The zero-order chi connectivity index (χ0) is 12.9. The highest BCUT2D eigenvalue weighted by Crippen LogP contribution is 2.43. The quantitative estimate of drug-likeness (QED) is 0.801. The van der Waals surface area contributed by atoms with Crippen LogP contribution in [0, 0.1) is 0 Å². The third-order valence-electron chi connectivity index (χ3n) is 4.26. The number of carbonyl (C=O) groups is 1. The summed E-state index contributed by atoms with van der Waals surface area (Å²) in [4.78, 5) is 13.9. The zero-order valence-corrected chi connectivity index (χ0v) is 11.6. The lowest BCUT2D eigenvalue weighted by Gasteiger charge is -2.33. The highest BCUT2D eigenvalue weighted by Gasteiger charge is 2.35. The van der Waals surface area contributed by atoms with Crippen LogP contribution in [0.3, 0.4) is 0 Å². The van der Waals surface area contributed by atoms with E-state index in [2.05, 4.69) is 36.9 Å². The Labute approximate surface area is 113 Å². The molecule has 0 aromatic heterocycles. The molecule has 1 aliphatic carbocycles. The lowest BCUT2D eigenvalue weighted by Crippen LogP contribution is -2.35. The fourth-order valence-corrected chi connectivity index (χ4v) is 3.49. The van der Waals surface area contributed by atoms with Gasteiger partial charge in [-0.3, -0.25) is 4.79 Å². The Morgan fingerprint density at radius 1 is 1.44 bits per heavy atom. The molecule has 2 unspecified atom stereocenters. The molecule has 0 bridgehead atoms. The summed E-state index contributed by atoms with van der Waals surface area (Å²) in [6, 6.07) is 4.46. The SMILES string of the molecule is CN(C)C1Cc2c(C(=O)S)ccc3c2C(CN3)C1. The predicted molar refractivity (Wildman–Crippen MR) is 76.8 cm³/mol. The van der Waals surface area contributed by atoms with Crippen molar-refractivity contribution in [1.82, 2.24) is 4.90 Å². The predicted octanol–water partition coefficient (Wildman–Crippen LogP) is 2.14. The van der Waals surface area contributed by atoms with E-state index in [-0.39, 0.29) is 5.12 Å². The molecule has 0 fully saturated rings. The van der Waals surface area contributed by atoms with Crippen molar-refractivity contribution >= 4 is 23.4 Å². The van der Waals surface area contributed by atoms with E-state index in [9.17, 15) is 4.79 Å². The van der Waals surface area contributed by atoms with Gasteiger partial charge in [0.15, 0.2) is 0 Å². The number of nitrogens with zero attached hydrogens (tertiary/aromatic N) is 1. The first-order valence-corrected chi connectivity index (χ1v) is 6.82.